The summed E-state index contributed by atoms with van der Waals surface area (Å²) in [6.45, 7) is 1.41. The van der Waals surface area contributed by atoms with Crippen LogP contribution in [0.15, 0.2) is 54.9 Å². The minimum Gasteiger partial charge on any atom is -0.493 e. The van der Waals surface area contributed by atoms with Gasteiger partial charge in [0.15, 0.2) is 11.5 Å². The van der Waals surface area contributed by atoms with E-state index in [0.29, 0.717) is 49.1 Å². The third kappa shape index (κ3) is 3.71. The second-order valence-electron chi connectivity index (χ2n) is 8.61. The molecule has 170 valence electrons. The smallest absolute Gasteiger partial charge is 0.235 e. The first-order chi connectivity index (χ1) is 16.0. The molecule has 2 aliphatic heterocycles. The first kappa shape index (κ1) is 21.1. The average molecular weight is 446 g/mol. The van der Waals surface area contributed by atoms with Gasteiger partial charge in [-0.2, -0.15) is 0 Å². The van der Waals surface area contributed by atoms with Crippen molar-refractivity contribution in [3.63, 3.8) is 0 Å². The van der Waals surface area contributed by atoms with Gasteiger partial charge in [-0.3, -0.25) is 4.79 Å². The molecule has 2 aliphatic rings. The van der Waals surface area contributed by atoms with Crippen LogP contribution in [0.2, 0.25) is 0 Å². The number of nitrogens with one attached hydrogen (secondary N) is 1. The Morgan fingerprint density at radius 3 is 2.48 bits per heavy atom. The molecule has 8 nitrogen and oxygen atoms in total. The summed E-state index contributed by atoms with van der Waals surface area (Å²) in [7, 11) is 5.59. The maximum atomic E-state index is 13.2. The number of amides is 1. The number of hydrogen-bond acceptors (Lipinski definition) is 7. The number of carbonyl (C=O) groups excluding carboxylic acids is 1. The van der Waals surface area contributed by atoms with E-state index in [-0.39, 0.29) is 5.91 Å². The Kier molecular flexibility index (Phi) is 5.28. The first-order valence-corrected chi connectivity index (χ1v) is 11.0. The minimum absolute atomic E-state index is 0.0277. The van der Waals surface area contributed by atoms with Gasteiger partial charge in [-0.05, 0) is 42.7 Å². The van der Waals surface area contributed by atoms with Gasteiger partial charge < -0.3 is 24.6 Å². The van der Waals surface area contributed by atoms with Crippen LogP contribution in [0, 0.1) is 0 Å². The van der Waals surface area contributed by atoms with E-state index in [9.17, 15) is 4.79 Å². The molecule has 0 bridgehead atoms. The monoisotopic (exact) mass is 445 g/mol. The fraction of sp³-hybridized carbons (Fsp3) is 0.320. The topological polar surface area (TPSA) is 79.8 Å². The van der Waals surface area contributed by atoms with E-state index in [0.717, 1.165) is 16.9 Å². The summed E-state index contributed by atoms with van der Waals surface area (Å²) in [5.74, 6) is 2.61. The second kappa shape index (κ2) is 8.27. The van der Waals surface area contributed by atoms with Crippen molar-refractivity contribution < 1.29 is 14.3 Å². The van der Waals surface area contributed by atoms with Crippen molar-refractivity contribution in [3.8, 4) is 17.2 Å². The number of anilines is 3. The summed E-state index contributed by atoms with van der Waals surface area (Å²) >= 11 is 0. The summed E-state index contributed by atoms with van der Waals surface area (Å²) < 4.78 is 11.8. The van der Waals surface area contributed by atoms with Crippen LogP contribution < -0.4 is 24.6 Å². The number of methoxy groups -OCH3 is 1. The molecule has 1 spiro atoms. The van der Waals surface area contributed by atoms with Crippen molar-refractivity contribution >= 4 is 23.2 Å². The van der Waals surface area contributed by atoms with Crippen LogP contribution in [-0.2, 0) is 10.2 Å². The van der Waals surface area contributed by atoms with Gasteiger partial charge in [0.1, 0.15) is 5.75 Å². The molecule has 1 amide bonds. The zero-order valence-corrected chi connectivity index (χ0v) is 19.0. The Morgan fingerprint density at radius 2 is 1.79 bits per heavy atom. The van der Waals surface area contributed by atoms with Gasteiger partial charge in [0.05, 0.1) is 12.5 Å². The van der Waals surface area contributed by atoms with E-state index in [1.807, 2.05) is 55.4 Å². The van der Waals surface area contributed by atoms with E-state index in [1.165, 1.54) is 0 Å². The van der Waals surface area contributed by atoms with Crippen molar-refractivity contribution in [2.75, 3.05) is 49.4 Å². The lowest BCUT2D eigenvalue weighted by molar-refractivity contribution is -0.121. The fourth-order valence-electron chi connectivity index (χ4n) is 4.65. The van der Waals surface area contributed by atoms with Crippen molar-refractivity contribution in [2.24, 2.45) is 0 Å². The van der Waals surface area contributed by atoms with E-state index < -0.39 is 5.41 Å². The predicted molar refractivity (Wildman–Crippen MR) is 128 cm³/mol. The summed E-state index contributed by atoms with van der Waals surface area (Å²) in [4.78, 5) is 26.0. The highest BCUT2D eigenvalue weighted by atomic mass is 16.5. The van der Waals surface area contributed by atoms with E-state index >= 15 is 0 Å². The van der Waals surface area contributed by atoms with Gasteiger partial charge in [0.25, 0.3) is 0 Å². The zero-order chi connectivity index (χ0) is 23.0. The molecular formula is C25H27N5O3. The van der Waals surface area contributed by atoms with Gasteiger partial charge in [-0.15, -0.1) is 0 Å². The van der Waals surface area contributed by atoms with Gasteiger partial charge in [0, 0.05) is 63.1 Å². The number of piperidine rings is 1. The Hall–Kier alpha value is -3.81. The lowest BCUT2D eigenvalue weighted by atomic mass is 9.73. The Labute approximate surface area is 193 Å². The van der Waals surface area contributed by atoms with Crippen LogP contribution in [0.1, 0.15) is 18.4 Å². The van der Waals surface area contributed by atoms with Crippen molar-refractivity contribution in [1.29, 1.82) is 0 Å². The zero-order valence-electron chi connectivity index (χ0n) is 19.0. The van der Waals surface area contributed by atoms with Crippen LogP contribution >= 0.6 is 0 Å². The van der Waals surface area contributed by atoms with Gasteiger partial charge in [0.2, 0.25) is 11.9 Å². The number of carbonyl (C=O) groups is 1. The van der Waals surface area contributed by atoms with Gasteiger partial charge in [-0.1, -0.05) is 6.07 Å². The van der Waals surface area contributed by atoms with Crippen LogP contribution in [-0.4, -0.2) is 50.2 Å². The molecule has 3 aromatic rings. The Balaban J connectivity index is 1.43. The second-order valence-corrected chi connectivity index (χ2v) is 8.61. The molecule has 33 heavy (non-hydrogen) atoms. The number of fused-ring (bicyclic) bond motifs is 2. The molecule has 8 heteroatoms. The molecule has 1 saturated heterocycles. The van der Waals surface area contributed by atoms with E-state index in [4.69, 9.17) is 9.47 Å². The third-order valence-corrected chi connectivity index (χ3v) is 6.52. The summed E-state index contributed by atoms with van der Waals surface area (Å²) in [6, 6.07) is 13.5. The molecule has 0 radical (unpaired) electrons. The first-order valence-electron chi connectivity index (χ1n) is 11.0. The van der Waals surface area contributed by atoms with Crippen molar-refractivity contribution in [3.05, 3.63) is 60.4 Å². The Morgan fingerprint density at radius 1 is 1.03 bits per heavy atom. The Bertz CT molecular complexity index is 1170. The third-order valence-electron chi connectivity index (χ3n) is 6.52. The number of rotatable bonds is 5. The highest BCUT2D eigenvalue weighted by molar-refractivity contribution is 6.07. The van der Waals surface area contributed by atoms with Crippen LogP contribution in [0.5, 0.6) is 17.2 Å². The summed E-state index contributed by atoms with van der Waals surface area (Å²) in [5.41, 5.74) is 2.20. The molecule has 1 aromatic heterocycles. The molecule has 3 heterocycles. The lowest BCUT2D eigenvalue weighted by Gasteiger charge is -2.38. The van der Waals surface area contributed by atoms with E-state index in [2.05, 4.69) is 20.2 Å². The van der Waals surface area contributed by atoms with Crippen LogP contribution in [0.4, 0.5) is 17.3 Å². The van der Waals surface area contributed by atoms with Crippen molar-refractivity contribution in [1.82, 2.24) is 9.97 Å². The maximum absolute atomic E-state index is 13.2. The maximum Gasteiger partial charge on any atom is 0.235 e. The van der Waals surface area contributed by atoms with Gasteiger partial charge >= 0.3 is 0 Å². The fourth-order valence-corrected chi connectivity index (χ4v) is 4.65. The number of aromatic nitrogens is 2. The quantitative estimate of drug-likeness (QED) is 0.639. The predicted octanol–water partition coefficient (Wildman–Crippen LogP) is 3.83. The van der Waals surface area contributed by atoms with Crippen molar-refractivity contribution in [2.45, 2.75) is 18.3 Å². The van der Waals surface area contributed by atoms with E-state index in [1.54, 1.807) is 25.6 Å². The lowest BCUT2D eigenvalue weighted by Crippen LogP contribution is -2.47. The van der Waals surface area contributed by atoms with Gasteiger partial charge in [-0.25, -0.2) is 9.97 Å². The largest absolute Gasteiger partial charge is 0.493 e. The molecule has 0 aliphatic carbocycles. The average Bonchev–Trinajstić information content (AvgIpc) is 3.09. The number of nitrogens with zero attached hydrogens (tertiary/aromatic N) is 4. The molecule has 1 fully saturated rings. The summed E-state index contributed by atoms with van der Waals surface area (Å²) in [6.07, 6.45) is 4.84. The number of benzene rings is 2. The minimum atomic E-state index is -0.586. The SMILES string of the molecule is COc1cc2c(cc1Oc1cccc(N(C)C)c1)NC(=O)C21CCN(c2ncccn2)CC1. The molecule has 5 rings (SSSR count). The standard InChI is InChI=1S/C25H27N5O3/c1-29(2)17-6-4-7-18(14-17)33-22-16-20-19(15-21(22)32-3)25(23(31)28-20)8-12-30(13-9-25)24-26-10-5-11-27-24/h4-7,10-11,14-16H,8-9,12-13H2,1-3H3,(H,28,31). The summed E-state index contributed by atoms with van der Waals surface area (Å²) in [5, 5.41) is 3.09. The van der Waals surface area contributed by atoms with Crippen LogP contribution in [0.3, 0.4) is 0 Å². The number of ether oxygens (including phenoxy) is 2. The highest BCUT2D eigenvalue weighted by Gasteiger charge is 2.49. The molecule has 2 aromatic carbocycles. The molecular weight excluding hydrogens is 418 g/mol. The molecule has 0 unspecified atom stereocenters. The number of hydrogen-bond donors (Lipinski definition) is 1. The van der Waals surface area contributed by atoms with Crippen LogP contribution in [0.25, 0.3) is 0 Å². The molecule has 0 saturated carbocycles. The normalized spacial score (nSPS) is 16.3. The molecule has 0 atom stereocenters. The highest BCUT2D eigenvalue weighted by Crippen LogP contribution is 2.49. The molecule has 1 N–H and O–H groups in total.